The molecule has 1 fully saturated rings. The Hall–Kier alpha value is -2.31. The number of fused-ring (bicyclic) bond motifs is 2. The number of benzene rings is 1. The molecule has 22 heavy (non-hydrogen) atoms. The highest BCUT2D eigenvalue weighted by molar-refractivity contribution is 5.74. The summed E-state index contributed by atoms with van der Waals surface area (Å²) in [6.45, 7) is 0.640. The summed E-state index contributed by atoms with van der Waals surface area (Å²) in [5.41, 5.74) is 2.62. The van der Waals surface area contributed by atoms with E-state index >= 15 is 0 Å². The Morgan fingerprint density at radius 1 is 1.09 bits per heavy atom. The Kier molecular flexibility index (Phi) is 2.79. The average molecular weight is 306 g/mol. The van der Waals surface area contributed by atoms with Crippen molar-refractivity contribution in [3.05, 3.63) is 48.1 Å². The van der Waals surface area contributed by atoms with Gasteiger partial charge in [0.05, 0.1) is 11.0 Å². The molecule has 1 unspecified atom stereocenters. The first-order valence-corrected chi connectivity index (χ1v) is 7.07. The number of halogens is 3. The molecule has 1 aromatic heterocycles. The highest BCUT2D eigenvalue weighted by Gasteiger charge is 2.48. The Morgan fingerprint density at radius 3 is 2.64 bits per heavy atom. The molecule has 114 valence electrons. The number of nitrogens with zero attached hydrogens (tertiary/aromatic N) is 4. The topological polar surface area (TPSA) is 32.3 Å². The van der Waals surface area contributed by atoms with Gasteiger partial charge in [0.15, 0.2) is 0 Å². The summed E-state index contributed by atoms with van der Waals surface area (Å²) >= 11 is 0. The minimum absolute atomic E-state index is 0.485. The van der Waals surface area contributed by atoms with Crippen LogP contribution in [0.1, 0.15) is 24.6 Å². The Morgan fingerprint density at radius 2 is 1.86 bits per heavy atom. The molecule has 0 amide bonds. The van der Waals surface area contributed by atoms with Crippen LogP contribution in [0, 0.1) is 0 Å². The largest absolute Gasteiger partial charge is 0.486 e. The third kappa shape index (κ3) is 2.00. The molecule has 2 aliphatic rings. The standard InChI is InChI=1S/C15H13F3N4/c16-15(17,18)22-9-11-2-1-7-21(11)14(22)10-3-4-12-13(8-10)20-6-5-19-12/h3-6,8-9,14H,1-2,7H2. The van der Waals surface area contributed by atoms with E-state index < -0.39 is 12.5 Å². The second kappa shape index (κ2) is 4.59. The minimum atomic E-state index is -4.40. The zero-order valence-corrected chi connectivity index (χ0v) is 11.6. The van der Waals surface area contributed by atoms with Crippen molar-refractivity contribution in [3.63, 3.8) is 0 Å². The summed E-state index contributed by atoms with van der Waals surface area (Å²) in [6.07, 6.45) is 0.681. The van der Waals surface area contributed by atoms with Gasteiger partial charge in [0, 0.05) is 30.8 Å². The summed E-state index contributed by atoms with van der Waals surface area (Å²) in [6, 6.07) is 5.12. The summed E-state index contributed by atoms with van der Waals surface area (Å²) in [7, 11) is 0. The molecule has 2 aromatic rings. The molecule has 2 aliphatic heterocycles. The molecule has 1 aromatic carbocycles. The fourth-order valence-corrected chi connectivity index (χ4v) is 3.21. The third-order valence-corrected chi connectivity index (χ3v) is 4.13. The van der Waals surface area contributed by atoms with Gasteiger partial charge in [0.1, 0.15) is 6.17 Å². The lowest BCUT2D eigenvalue weighted by molar-refractivity contribution is -0.246. The minimum Gasteiger partial charge on any atom is -0.349 e. The van der Waals surface area contributed by atoms with E-state index in [0.717, 1.165) is 12.1 Å². The number of hydrogen-bond acceptors (Lipinski definition) is 4. The van der Waals surface area contributed by atoms with E-state index in [2.05, 4.69) is 9.97 Å². The molecule has 1 atom stereocenters. The van der Waals surface area contributed by atoms with E-state index in [1.165, 1.54) is 6.20 Å². The zero-order chi connectivity index (χ0) is 15.3. The van der Waals surface area contributed by atoms with E-state index in [0.29, 0.717) is 34.5 Å². The first kappa shape index (κ1) is 13.4. The fraction of sp³-hybridized carbons (Fsp3) is 0.333. The maximum atomic E-state index is 13.3. The first-order chi connectivity index (χ1) is 10.5. The van der Waals surface area contributed by atoms with Gasteiger partial charge in [-0.2, -0.15) is 13.2 Å². The molecule has 0 radical (unpaired) electrons. The van der Waals surface area contributed by atoms with Crippen LogP contribution in [0.3, 0.4) is 0 Å². The van der Waals surface area contributed by atoms with Crippen molar-refractivity contribution in [2.24, 2.45) is 0 Å². The summed E-state index contributed by atoms with van der Waals surface area (Å²) in [5, 5.41) is 0. The Bertz CT molecular complexity index is 756. The molecule has 0 aliphatic carbocycles. The predicted molar refractivity (Wildman–Crippen MR) is 74.2 cm³/mol. The van der Waals surface area contributed by atoms with E-state index in [9.17, 15) is 13.2 Å². The van der Waals surface area contributed by atoms with Gasteiger partial charge in [-0.1, -0.05) is 6.07 Å². The van der Waals surface area contributed by atoms with E-state index in [4.69, 9.17) is 0 Å². The number of rotatable bonds is 1. The summed E-state index contributed by atoms with van der Waals surface area (Å²) in [5.74, 6) is 0. The second-order valence-electron chi connectivity index (χ2n) is 5.47. The van der Waals surface area contributed by atoms with Gasteiger partial charge in [-0.15, -0.1) is 0 Å². The van der Waals surface area contributed by atoms with Gasteiger partial charge >= 0.3 is 6.30 Å². The lowest BCUT2D eigenvalue weighted by Gasteiger charge is -2.33. The van der Waals surface area contributed by atoms with Gasteiger partial charge in [-0.25, -0.2) is 0 Å². The van der Waals surface area contributed by atoms with Crippen molar-refractivity contribution in [2.75, 3.05) is 6.54 Å². The lowest BCUT2D eigenvalue weighted by Crippen LogP contribution is -2.39. The Balaban J connectivity index is 1.80. The zero-order valence-electron chi connectivity index (χ0n) is 11.6. The van der Waals surface area contributed by atoms with Crippen molar-refractivity contribution < 1.29 is 13.2 Å². The number of aromatic nitrogens is 2. The van der Waals surface area contributed by atoms with Crippen LogP contribution in [0.2, 0.25) is 0 Å². The van der Waals surface area contributed by atoms with Gasteiger partial charge in [0.2, 0.25) is 0 Å². The van der Waals surface area contributed by atoms with Crippen LogP contribution < -0.4 is 0 Å². The summed E-state index contributed by atoms with van der Waals surface area (Å²) < 4.78 is 40.0. The molecular weight excluding hydrogens is 293 g/mol. The van der Waals surface area contributed by atoms with Crippen molar-refractivity contribution >= 4 is 11.0 Å². The molecule has 0 N–H and O–H groups in total. The molecule has 7 heteroatoms. The predicted octanol–water partition coefficient (Wildman–Crippen LogP) is 3.40. The van der Waals surface area contributed by atoms with Crippen molar-refractivity contribution in [1.82, 2.24) is 19.8 Å². The van der Waals surface area contributed by atoms with Gasteiger partial charge < -0.3 is 4.90 Å². The van der Waals surface area contributed by atoms with Crippen LogP contribution in [-0.4, -0.2) is 32.6 Å². The molecule has 0 saturated carbocycles. The van der Waals surface area contributed by atoms with Gasteiger partial charge in [-0.3, -0.25) is 14.9 Å². The van der Waals surface area contributed by atoms with Crippen molar-refractivity contribution in [1.29, 1.82) is 0 Å². The number of hydrogen-bond donors (Lipinski definition) is 0. The molecule has 0 spiro atoms. The molecule has 1 saturated heterocycles. The monoisotopic (exact) mass is 306 g/mol. The molecule has 0 bridgehead atoms. The highest BCUT2D eigenvalue weighted by Crippen LogP contribution is 2.45. The normalized spacial score (nSPS) is 21.4. The van der Waals surface area contributed by atoms with Crippen LogP contribution in [0.5, 0.6) is 0 Å². The first-order valence-electron chi connectivity index (χ1n) is 7.07. The number of allylic oxidation sites excluding steroid dienone is 1. The Labute approximate surface area is 124 Å². The van der Waals surface area contributed by atoms with E-state index in [-0.39, 0.29) is 0 Å². The third-order valence-electron chi connectivity index (χ3n) is 4.13. The van der Waals surface area contributed by atoms with Gasteiger partial charge in [0.25, 0.3) is 0 Å². The van der Waals surface area contributed by atoms with Crippen LogP contribution >= 0.6 is 0 Å². The van der Waals surface area contributed by atoms with Crippen LogP contribution in [0.4, 0.5) is 13.2 Å². The fourth-order valence-electron chi connectivity index (χ4n) is 3.21. The molecule has 4 nitrogen and oxygen atoms in total. The smallest absolute Gasteiger partial charge is 0.349 e. The lowest BCUT2D eigenvalue weighted by atomic mass is 10.1. The highest BCUT2D eigenvalue weighted by atomic mass is 19.4. The SMILES string of the molecule is FC(F)(F)N1C=C2CCCN2C1c1ccc2nccnc2c1. The molecule has 4 rings (SSSR count). The summed E-state index contributed by atoms with van der Waals surface area (Å²) in [4.78, 5) is 10.7. The van der Waals surface area contributed by atoms with Crippen LogP contribution in [-0.2, 0) is 0 Å². The maximum absolute atomic E-state index is 13.3. The van der Waals surface area contributed by atoms with Crippen molar-refractivity contribution in [3.8, 4) is 0 Å². The van der Waals surface area contributed by atoms with Crippen LogP contribution in [0.25, 0.3) is 11.0 Å². The van der Waals surface area contributed by atoms with E-state index in [1.807, 2.05) is 4.90 Å². The second-order valence-corrected chi connectivity index (χ2v) is 5.47. The maximum Gasteiger partial charge on any atom is 0.486 e. The van der Waals surface area contributed by atoms with E-state index in [1.54, 1.807) is 30.6 Å². The quantitative estimate of drug-likeness (QED) is 0.756. The van der Waals surface area contributed by atoms with Crippen molar-refractivity contribution in [2.45, 2.75) is 25.3 Å². The number of alkyl halides is 3. The molecular formula is C15H13F3N4. The van der Waals surface area contributed by atoms with Crippen LogP contribution in [0.15, 0.2) is 42.5 Å². The average Bonchev–Trinajstić information content (AvgIpc) is 3.06. The van der Waals surface area contributed by atoms with Gasteiger partial charge in [-0.05, 0) is 30.5 Å². The molecule has 3 heterocycles.